The fourth-order valence-corrected chi connectivity index (χ4v) is 1.93. The average molecular weight is 228 g/mol. The molecule has 0 rings (SSSR count). The molecule has 0 bridgehead atoms. The summed E-state index contributed by atoms with van der Waals surface area (Å²) in [5, 5.41) is 3.51. The Hall–Kier alpha value is -0.0800. The molecule has 0 aliphatic carbocycles. The van der Waals surface area contributed by atoms with Gasteiger partial charge in [-0.05, 0) is 52.4 Å². The highest BCUT2D eigenvalue weighted by Crippen LogP contribution is 2.09. The van der Waals surface area contributed by atoms with Gasteiger partial charge >= 0.3 is 0 Å². The van der Waals surface area contributed by atoms with Crippen LogP contribution in [0.4, 0.5) is 0 Å². The molecule has 0 aromatic rings. The van der Waals surface area contributed by atoms with Gasteiger partial charge in [-0.25, -0.2) is 0 Å². The van der Waals surface area contributed by atoms with Crippen molar-refractivity contribution in [2.24, 2.45) is 5.92 Å². The first-order valence-corrected chi connectivity index (χ1v) is 7.04. The summed E-state index contributed by atoms with van der Waals surface area (Å²) in [6.45, 7) is 12.7. The van der Waals surface area contributed by atoms with E-state index in [1.54, 1.807) is 0 Å². The lowest BCUT2D eigenvalue weighted by atomic mass is 10.0. The zero-order valence-electron chi connectivity index (χ0n) is 12.1. The summed E-state index contributed by atoms with van der Waals surface area (Å²) in [6, 6.07) is 0.682. The Morgan fingerprint density at radius 3 is 2.31 bits per heavy atom. The van der Waals surface area contributed by atoms with Gasteiger partial charge in [-0.3, -0.25) is 0 Å². The summed E-state index contributed by atoms with van der Waals surface area (Å²) in [5.41, 5.74) is 0. The Labute approximate surface area is 103 Å². The van der Waals surface area contributed by atoms with Crippen LogP contribution in [0.1, 0.15) is 53.4 Å². The number of hydrogen-bond acceptors (Lipinski definition) is 2. The van der Waals surface area contributed by atoms with Gasteiger partial charge in [-0.2, -0.15) is 0 Å². The van der Waals surface area contributed by atoms with Crippen LogP contribution in [0.5, 0.6) is 0 Å². The molecule has 0 fully saturated rings. The van der Waals surface area contributed by atoms with E-state index in [9.17, 15) is 0 Å². The molecule has 1 N–H and O–H groups in total. The van der Waals surface area contributed by atoms with Crippen LogP contribution in [-0.4, -0.2) is 37.6 Å². The van der Waals surface area contributed by atoms with Gasteiger partial charge in [-0.1, -0.05) is 33.6 Å². The van der Waals surface area contributed by atoms with Crippen LogP contribution in [0.3, 0.4) is 0 Å². The summed E-state index contributed by atoms with van der Waals surface area (Å²) >= 11 is 0. The number of nitrogens with one attached hydrogen (secondary N) is 1. The molecular formula is C14H32N2. The Balaban J connectivity index is 3.68. The van der Waals surface area contributed by atoms with Crippen LogP contribution in [0.2, 0.25) is 0 Å². The quantitative estimate of drug-likeness (QED) is 0.578. The predicted molar refractivity (Wildman–Crippen MR) is 73.9 cm³/mol. The third-order valence-corrected chi connectivity index (χ3v) is 3.53. The minimum Gasteiger partial charge on any atom is -0.316 e. The molecule has 0 radical (unpaired) electrons. The van der Waals surface area contributed by atoms with Gasteiger partial charge in [-0.15, -0.1) is 0 Å². The van der Waals surface area contributed by atoms with E-state index in [1.807, 2.05) is 0 Å². The summed E-state index contributed by atoms with van der Waals surface area (Å²) in [5.74, 6) is 0.734. The second-order valence-electron chi connectivity index (χ2n) is 5.11. The normalized spacial score (nSPS) is 15.4. The average Bonchev–Trinajstić information content (AvgIpc) is 2.28. The zero-order valence-corrected chi connectivity index (χ0v) is 12.1. The van der Waals surface area contributed by atoms with Crippen molar-refractivity contribution >= 4 is 0 Å². The van der Waals surface area contributed by atoms with Crippen LogP contribution in [0.25, 0.3) is 0 Å². The zero-order chi connectivity index (χ0) is 12.4. The summed E-state index contributed by atoms with van der Waals surface area (Å²) in [7, 11) is 2.26. The minimum absolute atomic E-state index is 0.682. The number of rotatable bonds is 10. The number of unbranched alkanes of at least 4 members (excludes halogenated alkanes) is 2. The molecule has 0 aromatic carbocycles. The van der Waals surface area contributed by atoms with Crippen molar-refractivity contribution in [2.75, 3.05) is 26.7 Å². The predicted octanol–water partition coefficient (Wildman–Crippen LogP) is 3.13. The molecule has 2 unspecified atom stereocenters. The molecule has 0 saturated heterocycles. The van der Waals surface area contributed by atoms with Gasteiger partial charge in [0.15, 0.2) is 0 Å². The van der Waals surface area contributed by atoms with E-state index in [-0.39, 0.29) is 0 Å². The van der Waals surface area contributed by atoms with E-state index in [1.165, 1.54) is 32.2 Å². The lowest BCUT2D eigenvalue weighted by molar-refractivity contribution is 0.193. The Bertz CT molecular complexity index is 132. The Morgan fingerprint density at radius 1 is 1.06 bits per heavy atom. The van der Waals surface area contributed by atoms with Gasteiger partial charge in [0.2, 0.25) is 0 Å². The molecule has 0 aliphatic heterocycles. The van der Waals surface area contributed by atoms with E-state index in [0.717, 1.165) is 19.0 Å². The van der Waals surface area contributed by atoms with Gasteiger partial charge in [0.1, 0.15) is 0 Å². The highest BCUT2D eigenvalue weighted by atomic mass is 15.1. The summed E-state index contributed by atoms with van der Waals surface area (Å²) < 4.78 is 0. The van der Waals surface area contributed by atoms with Gasteiger partial charge < -0.3 is 10.2 Å². The molecule has 0 aliphatic rings. The standard InChI is InChI=1S/C14H32N2/c1-6-8-9-11-16(5)14(4)13(3)12-15-10-7-2/h13-15H,6-12H2,1-5H3. The molecule has 98 valence electrons. The SMILES string of the molecule is CCCCCN(C)C(C)C(C)CNCCC. The highest BCUT2D eigenvalue weighted by Gasteiger charge is 2.15. The molecule has 2 nitrogen and oxygen atoms in total. The molecule has 16 heavy (non-hydrogen) atoms. The molecule has 0 saturated carbocycles. The molecule has 0 heterocycles. The smallest absolute Gasteiger partial charge is 0.0102 e. The first-order valence-electron chi connectivity index (χ1n) is 7.04. The first kappa shape index (κ1) is 15.9. The number of nitrogens with zero attached hydrogens (tertiary/aromatic N) is 1. The van der Waals surface area contributed by atoms with Crippen molar-refractivity contribution in [1.29, 1.82) is 0 Å². The number of hydrogen-bond donors (Lipinski definition) is 1. The molecule has 0 aromatic heterocycles. The van der Waals surface area contributed by atoms with Crippen LogP contribution < -0.4 is 5.32 Å². The Kier molecular flexibility index (Phi) is 10.0. The van der Waals surface area contributed by atoms with Crippen molar-refractivity contribution in [3.05, 3.63) is 0 Å². The van der Waals surface area contributed by atoms with E-state index in [4.69, 9.17) is 0 Å². The first-order chi connectivity index (χ1) is 7.63. The largest absolute Gasteiger partial charge is 0.316 e. The summed E-state index contributed by atoms with van der Waals surface area (Å²) in [6.07, 6.45) is 5.25. The molecular weight excluding hydrogens is 196 g/mol. The van der Waals surface area contributed by atoms with Crippen molar-refractivity contribution in [2.45, 2.75) is 59.4 Å². The van der Waals surface area contributed by atoms with Crippen molar-refractivity contribution in [3.8, 4) is 0 Å². The maximum Gasteiger partial charge on any atom is 0.0102 e. The second-order valence-corrected chi connectivity index (χ2v) is 5.11. The topological polar surface area (TPSA) is 15.3 Å². The van der Waals surface area contributed by atoms with Gasteiger partial charge in [0.25, 0.3) is 0 Å². The molecule has 0 amide bonds. The van der Waals surface area contributed by atoms with E-state index >= 15 is 0 Å². The van der Waals surface area contributed by atoms with Crippen molar-refractivity contribution in [1.82, 2.24) is 10.2 Å². The Morgan fingerprint density at radius 2 is 1.75 bits per heavy atom. The van der Waals surface area contributed by atoms with Crippen LogP contribution in [-0.2, 0) is 0 Å². The van der Waals surface area contributed by atoms with Crippen LogP contribution in [0, 0.1) is 5.92 Å². The fourth-order valence-electron chi connectivity index (χ4n) is 1.93. The van der Waals surface area contributed by atoms with Crippen molar-refractivity contribution < 1.29 is 0 Å². The van der Waals surface area contributed by atoms with Crippen molar-refractivity contribution in [3.63, 3.8) is 0 Å². The minimum atomic E-state index is 0.682. The monoisotopic (exact) mass is 228 g/mol. The van der Waals surface area contributed by atoms with E-state index in [2.05, 4.69) is 45.0 Å². The maximum absolute atomic E-state index is 3.51. The molecule has 2 atom stereocenters. The van der Waals surface area contributed by atoms with Crippen LogP contribution >= 0.6 is 0 Å². The fraction of sp³-hybridized carbons (Fsp3) is 1.00. The van der Waals surface area contributed by atoms with E-state index in [0.29, 0.717) is 6.04 Å². The lowest BCUT2D eigenvalue weighted by Gasteiger charge is -2.30. The maximum atomic E-state index is 3.51. The molecule has 0 spiro atoms. The molecule has 2 heteroatoms. The third kappa shape index (κ3) is 7.24. The van der Waals surface area contributed by atoms with Gasteiger partial charge in [0.05, 0.1) is 0 Å². The second kappa shape index (κ2) is 10.1. The van der Waals surface area contributed by atoms with E-state index < -0.39 is 0 Å². The third-order valence-electron chi connectivity index (χ3n) is 3.53. The van der Waals surface area contributed by atoms with Gasteiger partial charge in [0, 0.05) is 6.04 Å². The summed E-state index contributed by atoms with van der Waals surface area (Å²) in [4.78, 5) is 2.51. The van der Waals surface area contributed by atoms with Crippen LogP contribution in [0.15, 0.2) is 0 Å². The lowest BCUT2D eigenvalue weighted by Crippen LogP contribution is -2.39. The highest BCUT2D eigenvalue weighted by molar-refractivity contribution is 4.72.